The van der Waals surface area contributed by atoms with Gasteiger partial charge in [0.05, 0.1) is 11.2 Å². The summed E-state index contributed by atoms with van der Waals surface area (Å²) in [6.07, 6.45) is 5.74. The third-order valence-electron chi connectivity index (χ3n) is 6.54. The Bertz CT molecular complexity index is 450. The topological polar surface area (TPSA) is 41.9 Å². The molecular formula is C17H31B2NO3. The van der Waals surface area contributed by atoms with Gasteiger partial charge in [-0.25, -0.2) is 0 Å². The van der Waals surface area contributed by atoms with Gasteiger partial charge in [0.1, 0.15) is 0 Å². The molecule has 3 aliphatic rings. The average molecular weight is 319 g/mol. The van der Waals surface area contributed by atoms with E-state index in [1.807, 2.05) is 6.82 Å². The van der Waals surface area contributed by atoms with Crippen LogP contribution >= 0.6 is 0 Å². The first-order valence-electron chi connectivity index (χ1n) is 9.12. The zero-order valence-electron chi connectivity index (χ0n) is 15.3. The summed E-state index contributed by atoms with van der Waals surface area (Å²) in [5, 5.41) is 10.1. The smallest absolute Gasteiger partial charge is 0.437 e. The van der Waals surface area contributed by atoms with Crippen LogP contribution in [-0.4, -0.2) is 47.3 Å². The fourth-order valence-corrected chi connectivity index (χ4v) is 4.52. The number of hydrogen-bond donors (Lipinski definition) is 1. The number of piperidine rings is 2. The van der Waals surface area contributed by atoms with Crippen molar-refractivity contribution < 1.29 is 14.3 Å². The lowest BCUT2D eigenvalue weighted by atomic mass is 9.62. The number of fused-ring (bicyclic) bond motifs is 2. The molecule has 2 atom stereocenters. The predicted octanol–water partition coefficient (Wildman–Crippen LogP) is 2.92. The van der Waals surface area contributed by atoms with Crippen LogP contribution < -0.4 is 0 Å². The van der Waals surface area contributed by atoms with Crippen molar-refractivity contribution in [3.8, 4) is 0 Å². The van der Waals surface area contributed by atoms with Gasteiger partial charge in [0.15, 0.2) is 0 Å². The molecule has 0 aromatic rings. The molecule has 3 rings (SSSR count). The maximum atomic E-state index is 10.1. The number of nitrogens with zero attached hydrogens (tertiary/aromatic N) is 1. The van der Waals surface area contributed by atoms with Crippen LogP contribution in [0.4, 0.5) is 0 Å². The first-order chi connectivity index (χ1) is 10.6. The summed E-state index contributed by atoms with van der Waals surface area (Å²) in [5.41, 5.74) is 0.471. The van der Waals surface area contributed by atoms with Crippen molar-refractivity contribution in [2.45, 2.75) is 89.9 Å². The van der Waals surface area contributed by atoms with Gasteiger partial charge in [0.2, 0.25) is 0 Å². The molecule has 128 valence electrons. The van der Waals surface area contributed by atoms with Gasteiger partial charge in [-0.2, -0.15) is 0 Å². The van der Waals surface area contributed by atoms with Gasteiger partial charge in [-0.3, -0.25) is 0 Å². The Morgan fingerprint density at radius 3 is 2.04 bits per heavy atom. The van der Waals surface area contributed by atoms with Crippen molar-refractivity contribution in [2.75, 3.05) is 0 Å². The van der Waals surface area contributed by atoms with Crippen LogP contribution in [0, 0.1) is 5.92 Å². The van der Waals surface area contributed by atoms with Crippen LogP contribution in [0.15, 0.2) is 12.1 Å². The highest BCUT2D eigenvalue weighted by Crippen LogP contribution is 2.44. The van der Waals surface area contributed by atoms with Gasteiger partial charge in [-0.05, 0) is 71.6 Å². The van der Waals surface area contributed by atoms with Crippen LogP contribution in [0.5, 0.6) is 0 Å². The Kier molecular flexibility index (Phi) is 4.50. The summed E-state index contributed by atoms with van der Waals surface area (Å²) in [6, 6.07) is 0.929. The van der Waals surface area contributed by atoms with Crippen LogP contribution in [0.2, 0.25) is 6.82 Å². The molecule has 0 amide bonds. The molecular weight excluding hydrogens is 288 g/mol. The summed E-state index contributed by atoms with van der Waals surface area (Å²) in [7, 11) is -0.653. The zero-order valence-corrected chi connectivity index (χ0v) is 15.3. The van der Waals surface area contributed by atoms with Crippen LogP contribution in [0.25, 0.3) is 0 Å². The molecule has 0 aromatic heterocycles. The quantitative estimate of drug-likeness (QED) is 0.812. The van der Waals surface area contributed by atoms with E-state index in [4.69, 9.17) is 9.31 Å². The van der Waals surface area contributed by atoms with Crippen molar-refractivity contribution in [2.24, 2.45) is 5.92 Å². The third kappa shape index (κ3) is 3.04. The lowest BCUT2D eigenvalue weighted by molar-refractivity contribution is 0.00578. The molecule has 2 unspecified atom stereocenters. The van der Waals surface area contributed by atoms with Crippen molar-refractivity contribution in [3.63, 3.8) is 0 Å². The van der Waals surface area contributed by atoms with E-state index in [1.165, 1.54) is 19.3 Å². The molecule has 3 saturated heterocycles. The van der Waals surface area contributed by atoms with E-state index in [0.29, 0.717) is 18.0 Å². The molecule has 0 spiro atoms. The fraction of sp³-hybridized carbons (Fsp3) is 0.882. The van der Waals surface area contributed by atoms with Crippen LogP contribution in [0.1, 0.15) is 59.8 Å². The normalized spacial score (nSPS) is 36.1. The lowest BCUT2D eigenvalue weighted by Crippen LogP contribution is -2.58. The van der Waals surface area contributed by atoms with Crippen molar-refractivity contribution in [3.05, 3.63) is 12.1 Å². The van der Waals surface area contributed by atoms with E-state index in [2.05, 4.69) is 39.1 Å². The Morgan fingerprint density at radius 1 is 1.13 bits per heavy atom. The molecule has 4 nitrogen and oxygen atoms in total. The largest absolute Gasteiger partial charge is 0.490 e. The summed E-state index contributed by atoms with van der Waals surface area (Å²) in [4.78, 5) is 2.32. The van der Waals surface area contributed by atoms with Gasteiger partial charge in [0.25, 0.3) is 0 Å². The second-order valence-corrected chi connectivity index (χ2v) is 8.65. The van der Waals surface area contributed by atoms with E-state index in [0.717, 1.165) is 18.3 Å². The molecule has 3 heterocycles. The molecule has 0 saturated carbocycles. The highest BCUT2D eigenvalue weighted by Gasteiger charge is 2.54. The van der Waals surface area contributed by atoms with E-state index >= 15 is 0 Å². The zero-order chi connectivity index (χ0) is 17.0. The molecule has 1 N–H and O–H groups in total. The Balaban J connectivity index is 1.71. The number of rotatable bonds is 3. The van der Waals surface area contributed by atoms with Crippen LogP contribution in [-0.2, 0) is 9.31 Å². The van der Waals surface area contributed by atoms with Crippen LogP contribution in [0.3, 0.4) is 0 Å². The Hall–Kier alpha value is -0.290. The molecule has 3 aliphatic heterocycles. The molecule has 0 aromatic carbocycles. The third-order valence-corrected chi connectivity index (χ3v) is 6.54. The summed E-state index contributed by atoms with van der Waals surface area (Å²) in [5.74, 6) is 0.426. The van der Waals surface area contributed by atoms with Gasteiger partial charge in [-0.1, -0.05) is 6.42 Å². The average Bonchev–Trinajstić information content (AvgIpc) is 2.65. The summed E-state index contributed by atoms with van der Waals surface area (Å²) < 4.78 is 12.4. The maximum Gasteiger partial charge on any atom is 0.490 e. The van der Waals surface area contributed by atoms with Crippen molar-refractivity contribution in [1.29, 1.82) is 0 Å². The van der Waals surface area contributed by atoms with Gasteiger partial charge in [0, 0.05) is 12.1 Å². The monoisotopic (exact) mass is 319 g/mol. The Labute approximate surface area is 141 Å². The first kappa shape index (κ1) is 17.5. The van der Waals surface area contributed by atoms with E-state index in [1.54, 1.807) is 0 Å². The summed E-state index contributed by atoms with van der Waals surface area (Å²) in [6.45, 7) is 14.6. The fourth-order valence-electron chi connectivity index (χ4n) is 4.52. The minimum Gasteiger partial charge on any atom is -0.437 e. The SMILES string of the molecule is C=C(B1OC(C)(C)C(C)(C)O1)C1CC2CCCC(C1)N2B(C)O. The highest BCUT2D eigenvalue weighted by molar-refractivity contribution is 6.54. The molecule has 6 heteroatoms. The molecule has 0 aliphatic carbocycles. The molecule has 3 fully saturated rings. The van der Waals surface area contributed by atoms with Gasteiger partial charge < -0.3 is 19.1 Å². The van der Waals surface area contributed by atoms with E-state index in [9.17, 15) is 5.02 Å². The standard InChI is InChI=1S/C17H31B2NO3/c1-12(19-22-16(2,3)17(4,5)23-19)13-10-14-8-7-9-15(11-13)20(14)18(6)21/h13-15,21H,1,7-11H2,2-6H3. The van der Waals surface area contributed by atoms with Crippen molar-refractivity contribution in [1.82, 2.24) is 4.81 Å². The minimum atomic E-state index is -0.351. The number of allylic oxidation sites excluding steroid dienone is 1. The summed E-state index contributed by atoms with van der Waals surface area (Å²) >= 11 is 0. The van der Waals surface area contributed by atoms with E-state index in [-0.39, 0.29) is 25.4 Å². The lowest BCUT2D eigenvalue weighted by Gasteiger charge is -2.50. The second-order valence-electron chi connectivity index (χ2n) is 8.65. The predicted molar refractivity (Wildman–Crippen MR) is 95.0 cm³/mol. The number of hydrogen-bond acceptors (Lipinski definition) is 4. The highest BCUT2D eigenvalue weighted by atomic mass is 16.7. The second kappa shape index (κ2) is 5.90. The maximum absolute atomic E-state index is 10.1. The van der Waals surface area contributed by atoms with Gasteiger partial charge >= 0.3 is 14.2 Å². The van der Waals surface area contributed by atoms with Crippen molar-refractivity contribution >= 4 is 14.2 Å². The minimum absolute atomic E-state index is 0.302. The molecule has 23 heavy (non-hydrogen) atoms. The van der Waals surface area contributed by atoms with E-state index < -0.39 is 0 Å². The molecule has 2 bridgehead atoms. The molecule has 0 radical (unpaired) electrons. The van der Waals surface area contributed by atoms with Gasteiger partial charge in [-0.15, -0.1) is 6.58 Å². The Morgan fingerprint density at radius 2 is 1.61 bits per heavy atom. The first-order valence-corrected chi connectivity index (χ1v) is 9.12.